The van der Waals surface area contributed by atoms with Crippen LogP contribution in [0.3, 0.4) is 0 Å². The van der Waals surface area contributed by atoms with Crippen LogP contribution in [0.25, 0.3) is 10.9 Å². The predicted octanol–water partition coefficient (Wildman–Crippen LogP) is 4.86. The van der Waals surface area contributed by atoms with Crippen molar-refractivity contribution in [2.45, 2.75) is 12.7 Å². The van der Waals surface area contributed by atoms with Crippen molar-refractivity contribution in [2.75, 3.05) is 7.11 Å². The molecule has 1 aliphatic rings. The molecule has 7 nitrogen and oxygen atoms in total. The van der Waals surface area contributed by atoms with Gasteiger partial charge in [-0.15, -0.1) is 5.06 Å². The average Bonchev–Trinajstić information content (AvgIpc) is 3.46. The Kier molecular flexibility index (Phi) is 5.25. The molecule has 8 heteroatoms. The van der Waals surface area contributed by atoms with Crippen molar-refractivity contribution in [1.82, 2.24) is 14.6 Å². The number of benzene rings is 2. The molecule has 0 saturated heterocycles. The average molecular weight is 447 g/mol. The molecule has 0 N–H and O–H groups in total. The molecule has 32 heavy (non-hydrogen) atoms. The Morgan fingerprint density at radius 2 is 2.00 bits per heavy atom. The van der Waals surface area contributed by atoms with Gasteiger partial charge in [-0.2, -0.15) is 0 Å². The molecule has 2 aromatic carbocycles. The third-order valence-electron chi connectivity index (χ3n) is 5.32. The number of aliphatic imine (C=N–C) groups is 1. The number of carbonyl (C=O) groups excluding carboxylic acids is 1. The third kappa shape index (κ3) is 3.67. The van der Waals surface area contributed by atoms with Crippen LogP contribution in [-0.4, -0.2) is 34.0 Å². The maximum absolute atomic E-state index is 13.6. The van der Waals surface area contributed by atoms with Crippen LogP contribution in [0.15, 0.2) is 78.0 Å². The highest BCUT2D eigenvalue weighted by molar-refractivity contribution is 6.30. The number of aromatic nitrogens is 2. The highest BCUT2D eigenvalue weighted by atomic mass is 35.5. The van der Waals surface area contributed by atoms with Gasteiger partial charge < -0.3 is 14.1 Å². The fourth-order valence-electron chi connectivity index (χ4n) is 3.75. The van der Waals surface area contributed by atoms with Gasteiger partial charge in [-0.1, -0.05) is 29.8 Å². The van der Waals surface area contributed by atoms with Crippen molar-refractivity contribution < 1.29 is 14.4 Å². The van der Waals surface area contributed by atoms with Crippen molar-refractivity contribution in [1.29, 1.82) is 0 Å². The molecule has 2 aromatic heterocycles. The molecule has 1 aliphatic heterocycles. The van der Waals surface area contributed by atoms with Crippen LogP contribution in [0.4, 0.5) is 0 Å². The zero-order chi connectivity index (χ0) is 22.1. The Bertz CT molecular complexity index is 1300. The molecule has 0 fully saturated rings. The topological polar surface area (TPSA) is 68.9 Å². The Morgan fingerprint density at radius 1 is 1.16 bits per heavy atom. The highest BCUT2D eigenvalue weighted by Crippen LogP contribution is 2.32. The van der Waals surface area contributed by atoms with Gasteiger partial charge in [0, 0.05) is 34.9 Å². The van der Waals surface area contributed by atoms with E-state index in [-0.39, 0.29) is 5.91 Å². The van der Waals surface area contributed by atoms with E-state index in [0.29, 0.717) is 28.6 Å². The number of halogens is 1. The Hall–Kier alpha value is -3.84. The zero-order valence-corrected chi connectivity index (χ0v) is 17.9. The maximum Gasteiger partial charge on any atom is 0.291 e. The van der Waals surface area contributed by atoms with Gasteiger partial charge in [0.15, 0.2) is 0 Å². The number of methoxy groups -OCH3 is 1. The summed E-state index contributed by atoms with van der Waals surface area (Å²) in [7, 11) is 1.60. The van der Waals surface area contributed by atoms with Crippen LogP contribution in [0.5, 0.6) is 5.75 Å². The second-order valence-electron chi connectivity index (χ2n) is 7.30. The molecule has 1 atom stereocenters. The Balaban J connectivity index is 1.55. The van der Waals surface area contributed by atoms with E-state index in [0.717, 1.165) is 16.5 Å². The molecule has 160 valence electrons. The second kappa shape index (κ2) is 8.36. The van der Waals surface area contributed by atoms with Crippen molar-refractivity contribution in [3.63, 3.8) is 0 Å². The van der Waals surface area contributed by atoms with Crippen LogP contribution in [0.2, 0.25) is 5.02 Å². The predicted molar refractivity (Wildman–Crippen MR) is 122 cm³/mol. The van der Waals surface area contributed by atoms with Gasteiger partial charge in [0.25, 0.3) is 5.91 Å². The maximum atomic E-state index is 13.6. The molecule has 0 saturated carbocycles. The number of amides is 1. The van der Waals surface area contributed by atoms with Crippen LogP contribution in [0.1, 0.15) is 27.8 Å². The zero-order valence-electron chi connectivity index (χ0n) is 17.2. The molecular weight excluding hydrogens is 428 g/mol. The Labute approximate surface area is 189 Å². The van der Waals surface area contributed by atoms with Gasteiger partial charge >= 0.3 is 0 Å². The monoisotopic (exact) mass is 446 g/mol. The summed E-state index contributed by atoms with van der Waals surface area (Å²) < 4.78 is 7.42. The van der Waals surface area contributed by atoms with Gasteiger partial charge in [0.2, 0.25) is 12.6 Å². The summed E-state index contributed by atoms with van der Waals surface area (Å²) in [6.07, 6.45) is 4.11. The summed E-state index contributed by atoms with van der Waals surface area (Å²) in [5.74, 6) is 0.349. The molecule has 0 bridgehead atoms. The van der Waals surface area contributed by atoms with Crippen molar-refractivity contribution in [3.8, 4) is 5.75 Å². The van der Waals surface area contributed by atoms with Crippen LogP contribution in [0, 0.1) is 0 Å². The molecule has 5 rings (SSSR count). The fourth-order valence-corrected chi connectivity index (χ4v) is 3.87. The minimum absolute atomic E-state index is 0.314. The molecule has 1 amide bonds. The minimum atomic E-state index is -0.649. The lowest BCUT2D eigenvalue weighted by molar-refractivity contribution is -0.0493. The first kappa shape index (κ1) is 20.1. The smallest absolute Gasteiger partial charge is 0.291 e. The summed E-state index contributed by atoms with van der Waals surface area (Å²) >= 11 is 6.02. The van der Waals surface area contributed by atoms with E-state index in [4.69, 9.17) is 21.2 Å². The van der Waals surface area contributed by atoms with Gasteiger partial charge in [-0.25, -0.2) is 4.99 Å². The molecule has 0 radical (unpaired) electrons. The SMILES string of the molecule is COc1ccc2c(c1)c(C(=O)N1OC=NC1c1ccccn1)cn2Cc1ccc(Cl)cc1. The van der Waals surface area contributed by atoms with E-state index < -0.39 is 6.17 Å². The van der Waals surface area contributed by atoms with E-state index in [2.05, 4.69) is 9.98 Å². The number of ether oxygens (including phenoxy) is 1. The number of fused-ring (bicyclic) bond motifs is 1. The summed E-state index contributed by atoms with van der Waals surface area (Å²) in [5, 5.41) is 2.68. The number of rotatable bonds is 5. The quantitative estimate of drug-likeness (QED) is 0.439. The van der Waals surface area contributed by atoms with E-state index in [9.17, 15) is 4.79 Å². The number of nitrogens with zero attached hydrogens (tertiary/aromatic N) is 4. The van der Waals surface area contributed by atoms with E-state index >= 15 is 0 Å². The summed E-state index contributed by atoms with van der Waals surface area (Å²) in [6, 6.07) is 18.8. The standard InChI is InChI=1S/C24H19ClN4O3/c1-31-18-9-10-22-19(12-18)20(14-28(22)13-16-5-7-17(25)8-6-16)24(30)29-23(27-15-32-29)21-4-2-3-11-26-21/h2-12,14-15,23H,13H2,1H3. The van der Waals surface area contributed by atoms with Gasteiger partial charge in [0.05, 0.1) is 18.4 Å². The van der Waals surface area contributed by atoms with Crippen LogP contribution < -0.4 is 4.74 Å². The molecule has 0 spiro atoms. The molecule has 4 aromatic rings. The lowest BCUT2D eigenvalue weighted by atomic mass is 10.1. The number of hydrogen-bond donors (Lipinski definition) is 0. The van der Waals surface area contributed by atoms with Crippen molar-refractivity contribution in [3.05, 3.63) is 94.9 Å². The lowest BCUT2D eigenvalue weighted by Crippen LogP contribution is -2.30. The first-order valence-electron chi connectivity index (χ1n) is 9.98. The first-order valence-corrected chi connectivity index (χ1v) is 10.4. The number of hydroxylamine groups is 2. The van der Waals surface area contributed by atoms with Crippen molar-refractivity contribution >= 4 is 34.8 Å². The summed E-state index contributed by atoms with van der Waals surface area (Å²) in [6.45, 7) is 0.578. The summed E-state index contributed by atoms with van der Waals surface area (Å²) in [4.78, 5) is 27.7. The molecule has 3 heterocycles. The van der Waals surface area contributed by atoms with Crippen LogP contribution >= 0.6 is 11.6 Å². The molecule has 1 unspecified atom stereocenters. The number of pyridine rings is 1. The molecular formula is C24H19ClN4O3. The Morgan fingerprint density at radius 3 is 2.75 bits per heavy atom. The van der Waals surface area contributed by atoms with Gasteiger partial charge in [-0.05, 0) is 48.0 Å². The van der Waals surface area contributed by atoms with Crippen molar-refractivity contribution in [2.24, 2.45) is 4.99 Å². The van der Waals surface area contributed by atoms with Gasteiger partial charge in [-0.3, -0.25) is 9.78 Å². The first-order chi connectivity index (χ1) is 15.6. The minimum Gasteiger partial charge on any atom is -0.497 e. The van der Waals surface area contributed by atoms with E-state index in [1.165, 1.54) is 11.5 Å². The van der Waals surface area contributed by atoms with E-state index in [1.54, 1.807) is 13.3 Å². The fraction of sp³-hybridized carbons (Fsp3) is 0.125. The van der Waals surface area contributed by atoms with Crippen LogP contribution in [-0.2, 0) is 11.4 Å². The lowest BCUT2D eigenvalue weighted by Gasteiger charge is -2.20. The van der Waals surface area contributed by atoms with E-state index in [1.807, 2.05) is 71.4 Å². The number of carbonyl (C=O) groups is 1. The number of hydrogen-bond acceptors (Lipinski definition) is 5. The molecule has 0 aliphatic carbocycles. The second-order valence-corrected chi connectivity index (χ2v) is 7.74. The third-order valence-corrected chi connectivity index (χ3v) is 5.57. The van der Waals surface area contributed by atoms with Gasteiger partial charge in [0.1, 0.15) is 5.75 Å². The normalized spacial score (nSPS) is 15.2. The highest BCUT2D eigenvalue weighted by Gasteiger charge is 2.33. The summed E-state index contributed by atoms with van der Waals surface area (Å²) in [5.41, 5.74) is 3.07. The largest absolute Gasteiger partial charge is 0.497 e.